The molecule has 0 aromatic rings. The summed E-state index contributed by atoms with van der Waals surface area (Å²) in [6.07, 6.45) is 6.16. The zero-order valence-electron chi connectivity index (χ0n) is 9.62. The van der Waals surface area contributed by atoms with E-state index >= 15 is 0 Å². The Hall–Kier alpha value is 0.350. The lowest BCUT2D eigenvalue weighted by Crippen LogP contribution is -2.41. The predicted molar refractivity (Wildman–Crippen MR) is 70.0 cm³/mol. The van der Waals surface area contributed by atoms with Crippen LogP contribution in [0.4, 0.5) is 0 Å². The van der Waals surface area contributed by atoms with E-state index < -0.39 is 10.2 Å². The summed E-state index contributed by atoms with van der Waals surface area (Å²) in [5.74, 6) is 0. The molecule has 0 aromatic heterocycles. The van der Waals surface area contributed by atoms with Crippen molar-refractivity contribution in [3.63, 3.8) is 0 Å². The topological polar surface area (TPSA) is 49.4 Å². The second-order valence-electron chi connectivity index (χ2n) is 4.11. The first kappa shape index (κ1) is 14.4. The maximum absolute atomic E-state index is 11.9. The number of unbranched alkanes of at least 4 members (excludes halogenated alkanes) is 1. The molecule has 1 fully saturated rings. The summed E-state index contributed by atoms with van der Waals surface area (Å²) in [6.45, 7) is 1.89. The van der Waals surface area contributed by atoms with Crippen molar-refractivity contribution in [3.8, 4) is 0 Å². The molecule has 0 radical (unpaired) electrons. The molecule has 4 nitrogen and oxygen atoms in total. The van der Waals surface area contributed by atoms with Crippen molar-refractivity contribution in [2.24, 2.45) is 0 Å². The molecule has 0 atom stereocenters. The van der Waals surface area contributed by atoms with Crippen molar-refractivity contribution < 1.29 is 8.42 Å². The second-order valence-corrected chi connectivity index (χ2v) is 6.66. The molecule has 1 saturated heterocycles. The highest BCUT2D eigenvalue weighted by atomic mass is 79.9. The van der Waals surface area contributed by atoms with Crippen LogP contribution >= 0.6 is 15.9 Å². The van der Waals surface area contributed by atoms with Crippen LogP contribution in [-0.4, -0.2) is 37.7 Å². The van der Waals surface area contributed by atoms with E-state index in [0.717, 1.165) is 43.9 Å². The van der Waals surface area contributed by atoms with Gasteiger partial charge in [-0.15, -0.1) is 0 Å². The Labute approximate surface area is 107 Å². The lowest BCUT2D eigenvalue weighted by Gasteiger charge is -2.20. The van der Waals surface area contributed by atoms with Crippen LogP contribution in [0.25, 0.3) is 0 Å². The van der Waals surface area contributed by atoms with E-state index in [1.807, 2.05) is 0 Å². The van der Waals surface area contributed by atoms with E-state index in [-0.39, 0.29) is 0 Å². The van der Waals surface area contributed by atoms with E-state index in [1.54, 1.807) is 4.31 Å². The average molecular weight is 313 g/mol. The number of nitrogens with one attached hydrogen (secondary N) is 1. The molecule has 1 aliphatic heterocycles. The molecular formula is C10H21BrN2O2S. The second kappa shape index (κ2) is 7.63. The Bertz CT molecular complexity index is 275. The van der Waals surface area contributed by atoms with Crippen molar-refractivity contribution in [1.82, 2.24) is 9.03 Å². The largest absolute Gasteiger partial charge is 0.279 e. The smallest absolute Gasteiger partial charge is 0.202 e. The van der Waals surface area contributed by atoms with Gasteiger partial charge in [-0.25, -0.2) is 4.72 Å². The number of hydrogen-bond acceptors (Lipinski definition) is 2. The number of hydrogen-bond donors (Lipinski definition) is 1. The van der Waals surface area contributed by atoms with Gasteiger partial charge in [0.25, 0.3) is 10.2 Å². The molecule has 0 bridgehead atoms. The van der Waals surface area contributed by atoms with E-state index in [9.17, 15) is 8.42 Å². The maximum atomic E-state index is 11.9. The van der Waals surface area contributed by atoms with Crippen LogP contribution in [-0.2, 0) is 10.2 Å². The van der Waals surface area contributed by atoms with Gasteiger partial charge < -0.3 is 0 Å². The minimum Gasteiger partial charge on any atom is -0.202 e. The lowest BCUT2D eigenvalue weighted by atomic mass is 10.2. The summed E-state index contributed by atoms with van der Waals surface area (Å²) in [5, 5.41) is 0.929. The third-order valence-electron chi connectivity index (χ3n) is 2.75. The van der Waals surface area contributed by atoms with E-state index in [1.165, 1.54) is 0 Å². The van der Waals surface area contributed by atoms with Crippen molar-refractivity contribution in [3.05, 3.63) is 0 Å². The first-order valence-electron chi connectivity index (χ1n) is 5.97. The average Bonchev–Trinajstić information content (AvgIpc) is 2.53. The van der Waals surface area contributed by atoms with Gasteiger partial charge in [-0.2, -0.15) is 12.7 Å². The zero-order chi connectivity index (χ0) is 11.9. The SMILES string of the molecule is O=S(=O)(NCCCCBr)N1CCCCCC1. The molecule has 0 spiro atoms. The maximum Gasteiger partial charge on any atom is 0.279 e. The van der Waals surface area contributed by atoms with Gasteiger partial charge in [0.2, 0.25) is 0 Å². The van der Waals surface area contributed by atoms with E-state index in [2.05, 4.69) is 20.7 Å². The fourth-order valence-corrected chi connectivity index (χ4v) is 3.51. The predicted octanol–water partition coefficient (Wildman–Crippen LogP) is 1.87. The lowest BCUT2D eigenvalue weighted by molar-refractivity contribution is 0.414. The fourth-order valence-electron chi connectivity index (χ4n) is 1.79. The molecular weight excluding hydrogens is 292 g/mol. The van der Waals surface area contributed by atoms with Gasteiger partial charge in [-0.3, -0.25) is 0 Å². The molecule has 96 valence electrons. The molecule has 1 N–H and O–H groups in total. The van der Waals surface area contributed by atoms with Crippen LogP contribution in [0.2, 0.25) is 0 Å². The molecule has 1 heterocycles. The Kier molecular flexibility index (Phi) is 6.87. The highest BCUT2D eigenvalue weighted by Gasteiger charge is 2.21. The summed E-state index contributed by atoms with van der Waals surface area (Å²) >= 11 is 3.33. The number of halogens is 1. The van der Waals surface area contributed by atoms with Crippen molar-refractivity contribution in [2.75, 3.05) is 25.0 Å². The molecule has 0 aromatic carbocycles. The summed E-state index contributed by atoms with van der Waals surface area (Å²) in [6, 6.07) is 0. The van der Waals surface area contributed by atoms with Gasteiger partial charge in [-0.05, 0) is 25.7 Å². The number of rotatable bonds is 6. The summed E-state index contributed by atoms with van der Waals surface area (Å²) < 4.78 is 28.1. The van der Waals surface area contributed by atoms with Crippen LogP contribution in [0, 0.1) is 0 Å². The van der Waals surface area contributed by atoms with Crippen molar-refractivity contribution in [1.29, 1.82) is 0 Å². The molecule has 16 heavy (non-hydrogen) atoms. The molecule has 0 unspecified atom stereocenters. The molecule has 0 saturated carbocycles. The van der Waals surface area contributed by atoms with Crippen LogP contribution in [0.15, 0.2) is 0 Å². The van der Waals surface area contributed by atoms with Crippen molar-refractivity contribution >= 4 is 26.1 Å². The Morgan fingerprint density at radius 1 is 1.06 bits per heavy atom. The number of alkyl halides is 1. The van der Waals surface area contributed by atoms with Crippen LogP contribution in [0.5, 0.6) is 0 Å². The van der Waals surface area contributed by atoms with Gasteiger partial charge in [0.1, 0.15) is 0 Å². The first-order valence-corrected chi connectivity index (χ1v) is 8.53. The van der Waals surface area contributed by atoms with Gasteiger partial charge in [0.05, 0.1) is 0 Å². The molecule has 0 aliphatic carbocycles. The van der Waals surface area contributed by atoms with Gasteiger partial charge in [-0.1, -0.05) is 28.8 Å². The van der Waals surface area contributed by atoms with Crippen LogP contribution < -0.4 is 4.72 Å². The normalized spacial score (nSPS) is 19.6. The molecule has 1 aliphatic rings. The summed E-state index contributed by atoms with van der Waals surface area (Å²) in [5.41, 5.74) is 0. The Balaban J connectivity index is 2.36. The van der Waals surface area contributed by atoms with Gasteiger partial charge in [0.15, 0.2) is 0 Å². The molecule has 0 amide bonds. The Morgan fingerprint density at radius 2 is 1.69 bits per heavy atom. The molecule has 1 rings (SSSR count). The minimum absolute atomic E-state index is 0.546. The highest BCUT2D eigenvalue weighted by Crippen LogP contribution is 2.12. The van der Waals surface area contributed by atoms with Gasteiger partial charge in [0, 0.05) is 25.0 Å². The molecule has 6 heteroatoms. The zero-order valence-corrected chi connectivity index (χ0v) is 12.0. The first-order chi connectivity index (χ1) is 7.67. The third kappa shape index (κ3) is 5.12. The van der Waals surface area contributed by atoms with Crippen LogP contribution in [0.1, 0.15) is 38.5 Å². The summed E-state index contributed by atoms with van der Waals surface area (Å²) in [7, 11) is -3.22. The Morgan fingerprint density at radius 3 is 2.25 bits per heavy atom. The van der Waals surface area contributed by atoms with E-state index in [4.69, 9.17) is 0 Å². The number of nitrogens with zero attached hydrogens (tertiary/aromatic N) is 1. The highest BCUT2D eigenvalue weighted by molar-refractivity contribution is 9.09. The fraction of sp³-hybridized carbons (Fsp3) is 1.00. The monoisotopic (exact) mass is 312 g/mol. The standard InChI is InChI=1S/C10H21BrN2O2S/c11-7-3-4-8-12-16(14,15)13-9-5-1-2-6-10-13/h12H,1-10H2. The summed E-state index contributed by atoms with van der Waals surface area (Å²) in [4.78, 5) is 0. The minimum atomic E-state index is -3.22. The quantitative estimate of drug-likeness (QED) is 0.601. The van der Waals surface area contributed by atoms with Crippen LogP contribution in [0.3, 0.4) is 0 Å². The van der Waals surface area contributed by atoms with Gasteiger partial charge >= 0.3 is 0 Å². The van der Waals surface area contributed by atoms with E-state index in [0.29, 0.717) is 19.6 Å². The van der Waals surface area contributed by atoms with Crippen molar-refractivity contribution in [2.45, 2.75) is 38.5 Å². The third-order valence-corrected chi connectivity index (χ3v) is 4.92.